The first kappa shape index (κ1) is 31.2. The van der Waals surface area contributed by atoms with E-state index in [0.29, 0.717) is 31.2 Å². The van der Waals surface area contributed by atoms with Gasteiger partial charge in [-0.2, -0.15) is 5.10 Å². The number of hydrogen-bond donors (Lipinski definition) is 1. The molecular weight excluding hydrogens is 596 g/mol. The van der Waals surface area contributed by atoms with Crippen molar-refractivity contribution in [3.05, 3.63) is 143 Å². The molecule has 0 spiro atoms. The second kappa shape index (κ2) is 14.6. The van der Waals surface area contributed by atoms with Crippen LogP contribution in [0.5, 0.6) is 0 Å². The Bertz CT molecular complexity index is 1870. The summed E-state index contributed by atoms with van der Waals surface area (Å²) in [6, 6.07) is 40.1. The summed E-state index contributed by atoms with van der Waals surface area (Å²) in [6.45, 7) is 5.72. The minimum absolute atomic E-state index is 0.0102. The zero-order valence-corrected chi connectivity index (χ0v) is 27.2. The zero-order valence-electron chi connectivity index (χ0n) is 27.2. The molecule has 1 saturated heterocycles. The molecule has 0 saturated carbocycles. The lowest BCUT2D eigenvalue weighted by atomic mass is 9.96. The standard InChI is InChI=1S/C39H40N8O/c1-2-3-16-33-27-36(39(48)46-25-23-45(24-26-46)37(31-12-6-4-7-13-31)32-14-8-5-9-15-32)42-47(33)28-29-19-21-30(22-20-29)34-17-10-11-18-35(34)38-40-43-44-41-38/h4-15,17-22,27,37H,2-3,16,23-26,28H2,1H3,(H,40,41,43,44). The highest BCUT2D eigenvalue weighted by atomic mass is 16.2. The van der Waals surface area contributed by atoms with E-state index in [1.54, 1.807) is 0 Å². The predicted molar refractivity (Wildman–Crippen MR) is 187 cm³/mol. The molecule has 1 fully saturated rings. The average molecular weight is 637 g/mol. The van der Waals surface area contributed by atoms with Crippen molar-refractivity contribution in [2.75, 3.05) is 26.2 Å². The van der Waals surface area contributed by atoms with Crippen LogP contribution in [-0.2, 0) is 13.0 Å². The second-order valence-corrected chi connectivity index (χ2v) is 12.3. The first-order chi connectivity index (χ1) is 23.7. The number of nitrogens with one attached hydrogen (secondary N) is 1. The molecule has 7 rings (SSSR count). The van der Waals surface area contributed by atoms with E-state index in [2.05, 4.69) is 123 Å². The van der Waals surface area contributed by atoms with E-state index < -0.39 is 0 Å². The monoisotopic (exact) mass is 636 g/mol. The molecule has 1 aliphatic rings. The third-order valence-corrected chi connectivity index (χ3v) is 9.19. The molecule has 0 aliphatic carbocycles. The number of nitrogens with zero attached hydrogens (tertiary/aromatic N) is 7. The molecule has 1 aliphatic heterocycles. The number of benzene rings is 4. The van der Waals surface area contributed by atoms with Crippen molar-refractivity contribution in [1.82, 2.24) is 40.2 Å². The number of carbonyl (C=O) groups excluding carboxylic acids is 1. The smallest absolute Gasteiger partial charge is 0.274 e. The molecular formula is C39H40N8O. The lowest BCUT2D eigenvalue weighted by Crippen LogP contribution is -2.50. The van der Waals surface area contributed by atoms with E-state index in [-0.39, 0.29) is 11.9 Å². The molecule has 6 aromatic rings. The van der Waals surface area contributed by atoms with E-state index in [0.717, 1.165) is 60.3 Å². The molecule has 9 heteroatoms. The zero-order chi connectivity index (χ0) is 32.7. The van der Waals surface area contributed by atoms with Gasteiger partial charge in [0.2, 0.25) is 0 Å². The largest absolute Gasteiger partial charge is 0.335 e. The molecule has 9 nitrogen and oxygen atoms in total. The van der Waals surface area contributed by atoms with Gasteiger partial charge in [-0.3, -0.25) is 14.4 Å². The highest BCUT2D eigenvalue weighted by Crippen LogP contribution is 2.31. The summed E-state index contributed by atoms with van der Waals surface area (Å²) in [5, 5.41) is 19.4. The van der Waals surface area contributed by atoms with Gasteiger partial charge in [0.25, 0.3) is 5.91 Å². The number of amides is 1. The maximum absolute atomic E-state index is 13.9. The van der Waals surface area contributed by atoms with E-state index in [9.17, 15) is 4.79 Å². The molecule has 1 N–H and O–H groups in total. The quantitative estimate of drug-likeness (QED) is 0.171. The molecule has 0 radical (unpaired) electrons. The molecule has 0 atom stereocenters. The van der Waals surface area contributed by atoms with E-state index in [4.69, 9.17) is 5.10 Å². The van der Waals surface area contributed by atoms with Gasteiger partial charge in [0.1, 0.15) is 0 Å². The van der Waals surface area contributed by atoms with Crippen molar-refractivity contribution in [3.63, 3.8) is 0 Å². The van der Waals surface area contributed by atoms with Gasteiger partial charge >= 0.3 is 0 Å². The second-order valence-electron chi connectivity index (χ2n) is 12.3. The third-order valence-electron chi connectivity index (χ3n) is 9.19. The van der Waals surface area contributed by atoms with Crippen molar-refractivity contribution < 1.29 is 4.79 Å². The number of hydrogen-bond acceptors (Lipinski definition) is 6. The first-order valence-corrected chi connectivity index (χ1v) is 16.8. The van der Waals surface area contributed by atoms with Crippen LogP contribution in [0, 0.1) is 0 Å². The summed E-state index contributed by atoms with van der Waals surface area (Å²) >= 11 is 0. The number of aromatic amines is 1. The normalized spacial score (nSPS) is 13.7. The van der Waals surface area contributed by atoms with Gasteiger partial charge in [0.05, 0.1) is 12.6 Å². The van der Waals surface area contributed by atoms with Crippen LogP contribution >= 0.6 is 0 Å². The SMILES string of the molecule is CCCCc1cc(C(=O)N2CCN(C(c3ccccc3)c3ccccc3)CC2)nn1Cc1ccc(-c2ccccc2-c2nnn[nH]2)cc1. The van der Waals surface area contributed by atoms with E-state index in [1.165, 1.54) is 11.1 Å². The van der Waals surface area contributed by atoms with Crippen LogP contribution in [0.2, 0.25) is 0 Å². The van der Waals surface area contributed by atoms with Crippen molar-refractivity contribution in [2.45, 2.75) is 38.8 Å². The van der Waals surface area contributed by atoms with Crippen LogP contribution in [0.15, 0.2) is 115 Å². The summed E-state index contributed by atoms with van der Waals surface area (Å²) in [6.07, 6.45) is 3.01. The maximum atomic E-state index is 13.9. The van der Waals surface area contributed by atoms with Gasteiger partial charge < -0.3 is 4.90 Å². The van der Waals surface area contributed by atoms with Crippen molar-refractivity contribution in [3.8, 4) is 22.5 Å². The first-order valence-electron chi connectivity index (χ1n) is 16.8. The molecule has 2 aromatic heterocycles. The summed E-state index contributed by atoms with van der Waals surface area (Å²) < 4.78 is 2.02. The Labute approximate surface area is 281 Å². The van der Waals surface area contributed by atoms with E-state index in [1.807, 2.05) is 33.8 Å². The molecule has 242 valence electrons. The van der Waals surface area contributed by atoms with Gasteiger partial charge in [-0.05, 0) is 57.2 Å². The van der Waals surface area contributed by atoms with Crippen LogP contribution in [0.3, 0.4) is 0 Å². The fraction of sp³-hybridized carbons (Fsp3) is 0.256. The number of unbranched alkanes of at least 4 members (excludes halogenated alkanes) is 1. The van der Waals surface area contributed by atoms with Gasteiger partial charge in [-0.1, -0.05) is 123 Å². The fourth-order valence-electron chi connectivity index (χ4n) is 6.66. The highest BCUT2D eigenvalue weighted by Gasteiger charge is 2.29. The average Bonchev–Trinajstić information content (AvgIpc) is 3.83. The van der Waals surface area contributed by atoms with Crippen molar-refractivity contribution in [2.24, 2.45) is 0 Å². The van der Waals surface area contributed by atoms with Gasteiger partial charge in [-0.15, -0.1) is 5.10 Å². The van der Waals surface area contributed by atoms with Crippen molar-refractivity contribution in [1.29, 1.82) is 0 Å². The fourth-order valence-corrected chi connectivity index (χ4v) is 6.66. The molecule has 48 heavy (non-hydrogen) atoms. The number of carbonyl (C=O) groups is 1. The minimum Gasteiger partial charge on any atom is -0.335 e. The Kier molecular flexibility index (Phi) is 9.47. The van der Waals surface area contributed by atoms with Gasteiger partial charge in [0, 0.05) is 37.4 Å². The summed E-state index contributed by atoms with van der Waals surface area (Å²) in [4.78, 5) is 18.3. The van der Waals surface area contributed by atoms with Crippen LogP contribution in [0.4, 0.5) is 0 Å². The van der Waals surface area contributed by atoms with Crippen LogP contribution in [0.25, 0.3) is 22.5 Å². The number of tetrazole rings is 1. The highest BCUT2D eigenvalue weighted by molar-refractivity contribution is 5.92. The lowest BCUT2D eigenvalue weighted by molar-refractivity contribution is 0.0591. The molecule has 0 bridgehead atoms. The minimum atomic E-state index is 0.0102. The topological polar surface area (TPSA) is 95.8 Å². The van der Waals surface area contributed by atoms with Gasteiger partial charge in [-0.25, -0.2) is 5.10 Å². The van der Waals surface area contributed by atoms with Crippen LogP contribution in [0.1, 0.15) is 58.7 Å². The van der Waals surface area contributed by atoms with Crippen molar-refractivity contribution >= 4 is 5.91 Å². The number of piperazine rings is 1. The Morgan fingerprint density at radius 1 is 0.792 bits per heavy atom. The summed E-state index contributed by atoms with van der Waals surface area (Å²) in [5.41, 5.74) is 8.37. The van der Waals surface area contributed by atoms with Crippen LogP contribution in [-0.4, -0.2) is 72.3 Å². The number of aryl methyl sites for hydroxylation is 1. The Hall–Kier alpha value is -5.41. The Morgan fingerprint density at radius 3 is 2.06 bits per heavy atom. The summed E-state index contributed by atoms with van der Waals surface area (Å²) in [5.74, 6) is 0.647. The van der Waals surface area contributed by atoms with Crippen LogP contribution < -0.4 is 0 Å². The number of aromatic nitrogens is 6. The van der Waals surface area contributed by atoms with E-state index >= 15 is 0 Å². The molecule has 3 heterocycles. The third kappa shape index (κ3) is 6.82. The molecule has 1 amide bonds. The number of H-pyrrole nitrogens is 1. The molecule has 4 aromatic carbocycles. The lowest BCUT2D eigenvalue weighted by Gasteiger charge is -2.39. The number of rotatable bonds is 11. The predicted octanol–water partition coefficient (Wildman–Crippen LogP) is 6.67. The Morgan fingerprint density at radius 2 is 1.44 bits per heavy atom. The maximum Gasteiger partial charge on any atom is 0.274 e. The molecule has 0 unspecified atom stereocenters. The van der Waals surface area contributed by atoms with Gasteiger partial charge in [0.15, 0.2) is 11.5 Å². The summed E-state index contributed by atoms with van der Waals surface area (Å²) in [7, 11) is 0. The Balaban J connectivity index is 1.06.